The van der Waals surface area contributed by atoms with Gasteiger partial charge in [0.15, 0.2) is 0 Å². The Balaban J connectivity index is 2.48. The van der Waals surface area contributed by atoms with Crippen molar-refractivity contribution in [1.29, 1.82) is 0 Å². The fourth-order valence-electron chi connectivity index (χ4n) is 2.39. The first-order valence-electron chi connectivity index (χ1n) is 7.93. The molecule has 0 aromatic heterocycles. The van der Waals surface area contributed by atoms with Crippen LogP contribution in [0.3, 0.4) is 0 Å². The number of esters is 1. The topological polar surface area (TPSA) is 116 Å². The SMILES string of the molecule is CCCCCCC(C)C(=O)O[C@H]1O[C@H](CO)[C@@H](O)[C@H](O)[C@H]1O. The molecule has 1 aliphatic heterocycles. The molecule has 7 heteroatoms. The molecule has 130 valence electrons. The van der Waals surface area contributed by atoms with Crippen LogP contribution in [0.5, 0.6) is 0 Å². The van der Waals surface area contributed by atoms with Crippen molar-refractivity contribution >= 4 is 5.97 Å². The third-order valence-corrected chi connectivity index (χ3v) is 3.97. The van der Waals surface area contributed by atoms with Gasteiger partial charge in [-0.1, -0.05) is 39.5 Å². The summed E-state index contributed by atoms with van der Waals surface area (Å²) >= 11 is 0. The first-order chi connectivity index (χ1) is 10.4. The standard InChI is InChI=1S/C15H28O7/c1-3-4-5-6-7-9(2)14(20)22-15-13(19)12(18)11(17)10(8-16)21-15/h9-13,15-19H,3-8H2,1-2H3/t9?,10-,11-,12+,13-,15-/m1/s1. The highest BCUT2D eigenvalue weighted by Crippen LogP contribution is 2.23. The van der Waals surface area contributed by atoms with Crippen LogP contribution in [-0.2, 0) is 14.3 Å². The second-order valence-corrected chi connectivity index (χ2v) is 5.88. The molecular formula is C15H28O7. The molecule has 22 heavy (non-hydrogen) atoms. The van der Waals surface area contributed by atoms with E-state index < -0.39 is 43.3 Å². The molecule has 0 aromatic carbocycles. The van der Waals surface area contributed by atoms with Gasteiger partial charge in [0.2, 0.25) is 6.29 Å². The number of ether oxygens (including phenoxy) is 2. The van der Waals surface area contributed by atoms with E-state index in [4.69, 9.17) is 14.6 Å². The highest BCUT2D eigenvalue weighted by molar-refractivity contribution is 5.72. The van der Waals surface area contributed by atoms with Gasteiger partial charge >= 0.3 is 5.97 Å². The van der Waals surface area contributed by atoms with Gasteiger partial charge in [0.05, 0.1) is 12.5 Å². The number of rotatable bonds is 8. The third kappa shape index (κ3) is 5.17. The number of aliphatic hydroxyl groups excluding tert-OH is 4. The van der Waals surface area contributed by atoms with Crippen LogP contribution in [0.15, 0.2) is 0 Å². The molecule has 6 atom stereocenters. The van der Waals surface area contributed by atoms with Gasteiger partial charge in [0.1, 0.15) is 24.4 Å². The van der Waals surface area contributed by atoms with Crippen molar-refractivity contribution in [2.75, 3.05) is 6.61 Å². The van der Waals surface area contributed by atoms with Crippen molar-refractivity contribution in [1.82, 2.24) is 0 Å². The number of hydrogen-bond acceptors (Lipinski definition) is 7. The second-order valence-electron chi connectivity index (χ2n) is 5.88. The maximum absolute atomic E-state index is 12.0. The zero-order chi connectivity index (χ0) is 16.7. The summed E-state index contributed by atoms with van der Waals surface area (Å²) in [6.07, 6.45) is -2.13. The number of aliphatic hydroxyl groups is 4. The van der Waals surface area contributed by atoms with Crippen molar-refractivity contribution in [3.63, 3.8) is 0 Å². The molecular weight excluding hydrogens is 292 g/mol. The molecule has 0 aromatic rings. The van der Waals surface area contributed by atoms with Gasteiger partial charge in [0, 0.05) is 0 Å². The number of hydrogen-bond donors (Lipinski definition) is 4. The van der Waals surface area contributed by atoms with Crippen LogP contribution in [0.25, 0.3) is 0 Å². The fourth-order valence-corrected chi connectivity index (χ4v) is 2.39. The zero-order valence-corrected chi connectivity index (χ0v) is 13.2. The van der Waals surface area contributed by atoms with E-state index in [9.17, 15) is 20.1 Å². The molecule has 0 spiro atoms. The van der Waals surface area contributed by atoms with E-state index in [1.807, 2.05) is 0 Å². The third-order valence-electron chi connectivity index (χ3n) is 3.97. The average molecular weight is 320 g/mol. The van der Waals surface area contributed by atoms with Crippen LogP contribution < -0.4 is 0 Å². The van der Waals surface area contributed by atoms with E-state index in [2.05, 4.69) is 6.92 Å². The number of carbonyl (C=O) groups is 1. The Morgan fingerprint density at radius 1 is 1.14 bits per heavy atom. The van der Waals surface area contributed by atoms with Crippen LogP contribution >= 0.6 is 0 Å². The van der Waals surface area contributed by atoms with E-state index in [0.29, 0.717) is 6.42 Å². The summed E-state index contributed by atoms with van der Waals surface area (Å²) in [4.78, 5) is 12.0. The van der Waals surface area contributed by atoms with Crippen LogP contribution in [-0.4, -0.2) is 63.7 Å². The number of carbonyl (C=O) groups excluding carboxylic acids is 1. The molecule has 1 heterocycles. The minimum Gasteiger partial charge on any atom is -0.433 e. The molecule has 0 saturated carbocycles. The van der Waals surface area contributed by atoms with E-state index in [0.717, 1.165) is 25.7 Å². The normalized spacial score (nSPS) is 33.5. The lowest BCUT2D eigenvalue weighted by Gasteiger charge is -2.39. The van der Waals surface area contributed by atoms with Crippen molar-refractivity contribution in [2.24, 2.45) is 5.92 Å². The minimum absolute atomic E-state index is 0.343. The van der Waals surface area contributed by atoms with Gasteiger partial charge in [-0.25, -0.2) is 0 Å². The first-order valence-corrected chi connectivity index (χ1v) is 7.93. The summed E-state index contributed by atoms with van der Waals surface area (Å²) in [6.45, 7) is 3.29. The molecule has 1 fully saturated rings. The van der Waals surface area contributed by atoms with Crippen molar-refractivity contribution in [3.05, 3.63) is 0 Å². The summed E-state index contributed by atoms with van der Waals surface area (Å²) in [5.74, 6) is -0.870. The van der Waals surface area contributed by atoms with Crippen LogP contribution in [0.1, 0.15) is 46.0 Å². The quantitative estimate of drug-likeness (QED) is 0.365. The van der Waals surface area contributed by atoms with Crippen molar-refractivity contribution in [2.45, 2.75) is 76.7 Å². The lowest BCUT2D eigenvalue weighted by Crippen LogP contribution is -2.59. The highest BCUT2D eigenvalue weighted by atomic mass is 16.7. The summed E-state index contributed by atoms with van der Waals surface area (Å²) in [7, 11) is 0. The molecule has 1 rings (SSSR count). The second kappa shape index (κ2) is 9.42. The smallest absolute Gasteiger partial charge is 0.311 e. The Hall–Kier alpha value is -0.730. The lowest BCUT2D eigenvalue weighted by molar-refractivity contribution is -0.293. The fraction of sp³-hybridized carbons (Fsp3) is 0.933. The van der Waals surface area contributed by atoms with Crippen molar-refractivity contribution < 1.29 is 34.7 Å². The Kier molecular flexibility index (Phi) is 8.27. The van der Waals surface area contributed by atoms with E-state index in [1.54, 1.807) is 6.92 Å². The molecule has 1 unspecified atom stereocenters. The van der Waals surface area contributed by atoms with E-state index >= 15 is 0 Å². The Morgan fingerprint density at radius 2 is 1.82 bits per heavy atom. The molecule has 1 saturated heterocycles. The summed E-state index contributed by atoms with van der Waals surface area (Å²) in [5.41, 5.74) is 0. The summed E-state index contributed by atoms with van der Waals surface area (Å²) in [6, 6.07) is 0. The van der Waals surface area contributed by atoms with Crippen LogP contribution in [0, 0.1) is 5.92 Å². The minimum atomic E-state index is -1.55. The Morgan fingerprint density at radius 3 is 2.41 bits per heavy atom. The highest BCUT2D eigenvalue weighted by Gasteiger charge is 2.45. The van der Waals surface area contributed by atoms with E-state index in [1.165, 1.54) is 0 Å². The van der Waals surface area contributed by atoms with Gasteiger partial charge < -0.3 is 29.9 Å². The average Bonchev–Trinajstić information content (AvgIpc) is 2.51. The summed E-state index contributed by atoms with van der Waals surface area (Å²) < 4.78 is 10.2. The lowest BCUT2D eigenvalue weighted by atomic mass is 9.99. The Labute approximate surface area is 130 Å². The first kappa shape index (κ1) is 19.3. The maximum Gasteiger partial charge on any atom is 0.311 e. The van der Waals surface area contributed by atoms with Gasteiger partial charge in [-0.15, -0.1) is 0 Å². The molecule has 0 radical (unpaired) electrons. The Bertz CT molecular complexity index is 334. The van der Waals surface area contributed by atoms with Crippen molar-refractivity contribution in [3.8, 4) is 0 Å². The van der Waals surface area contributed by atoms with Gasteiger partial charge in [0.25, 0.3) is 0 Å². The van der Waals surface area contributed by atoms with Crippen LogP contribution in [0.4, 0.5) is 0 Å². The van der Waals surface area contributed by atoms with Gasteiger partial charge in [-0.2, -0.15) is 0 Å². The monoisotopic (exact) mass is 320 g/mol. The van der Waals surface area contributed by atoms with Crippen LogP contribution in [0.2, 0.25) is 0 Å². The molecule has 0 bridgehead atoms. The number of unbranched alkanes of at least 4 members (excludes halogenated alkanes) is 3. The molecule has 1 aliphatic rings. The van der Waals surface area contributed by atoms with Gasteiger partial charge in [-0.05, 0) is 6.42 Å². The molecule has 7 nitrogen and oxygen atoms in total. The van der Waals surface area contributed by atoms with E-state index in [-0.39, 0.29) is 5.92 Å². The molecule has 0 amide bonds. The maximum atomic E-state index is 12.0. The largest absolute Gasteiger partial charge is 0.433 e. The predicted molar refractivity (Wildman–Crippen MR) is 77.8 cm³/mol. The predicted octanol–water partition coefficient (Wildman–Crippen LogP) is -0.0640. The van der Waals surface area contributed by atoms with Gasteiger partial charge in [-0.3, -0.25) is 4.79 Å². The molecule has 4 N–H and O–H groups in total. The molecule has 0 aliphatic carbocycles. The zero-order valence-electron chi connectivity index (χ0n) is 13.2. The summed E-state index contributed by atoms with van der Waals surface area (Å²) in [5, 5.41) is 38.2.